The molecule has 7 N–H and O–H groups in total. The number of nitrogens with one attached hydrogen (secondary N) is 2. The van der Waals surface area contributed by atoms with E-state index in [1.807, 2.05) is 12.1 Å². The first kappa shape index (κ1) is 45.4. The van der Waals surface area contributed by atoms with Crippen molar-refractivity contribution in [3.63, 3.8) is 0 Å². The predicted molar refractivity (Wildman–Crippen MR) is 216 cm³/mol. The summed E-state index contributed by atoms with van der Waals surface area (Å²) in [5.41, 5.74) is 3.72. The molecule has 6 rings (SSSR count). The Kier molecular flexibility index (Phi) is 16.8. The van der Waals surface area contributed by atoms with E-state index < -0.39 is 23.9 Å². The summed E-state index contributed by atoms with van der Waals surface area (Å²) in [6.07, 6.45) is 6.62. The van der Waals surface area contributed by atoms with Gasteiger partial charge in [0.25, 0.3) is 5.91 Å². The molecule has 3 amide bonds. The van der Waals surface area contributed by atoms with Crippen molar-refractivity contribution < 1.29 is 44.7 Å². The molecule has 18 heteroatoms. The van der Waals surface area contributed by atoms with Gasteiger partial charge in [-0.05, 0) is 127 Å². The molecule has 16 nitrogen and oxygen atoms in total. The van der Waals surface area contributed by atoms with Crippen LogP contribution in [0.5, 0.6) is 11.5 Å². The number of aryl methyl sites for hydroxylation is 1. The van der Waals surface area contributed by atoms with Crippen molar-refractivity contribution in [3.05, 3.63) is 87.8 Å². The molecule has 3 aliphatic carbocycles. The van der Waals surface area contributed by atoms with Crippen LogP contribution in [0.2, 0.25) is 0 Å². The van der Waals surface area contributed by atoms with Gasteiger partial charge >= 0.3 is 18.0 Å². The number of phenols is 2. The highest BCUT2D eigenvalue weighted by Crippen LogP contribution is 2.60. The quantitative estimate of drug-likeness (QED) is 0.0410. The van der Waals surface area contributed by atoms with Crippen LogP contribution in [0, 0.1) is 22.2 Å². The number of carboxylic acid groups (broad SMARTS) is 2. The maximum atomic E-state index is 11.8. The lowest BCUT2D eigenvalue weighted by Gasteiger charge is -2.50. The normalized spacial score (nSPS) is 21.4. The van der Waals surface area contributed by atoms with Gasteiger partial charge in [-0.25, -0.2) is 9.59 Å². The Morgan fingerprint density at radius 1 is 0.862 bits per heavy atom. The largest absolute Gasteiger partial charge is 0.508 e. The Bertz CT molecular complexity index is 1950. The zero-order valence-corrected chi connectivity index (χ0v) is 33.4. The Labute approximate surface area is 345 Å². The van der Waals surface area contributed by atoms with E-state index in [2.05, 4.69) is 39.1 Å². The van der Waals surface area contributed by atoms with Gasteiger partial charge in [-0.2, -0.15) is 15.2 Å². The number of halogens is 2. The number of aliphatic carboxylic acids is 1. The number of aliphatic hydroxyl groups is 1. The van der Waals surface area contributed by atoms with E-state index in [4.69, 9.17) is 33.4 Å². The van der Waals surface area contributed by atoms with E-state index in [1.165, 1.54) is 72.9 Å². The van der Waals surface area contributed by atoms with Gasteiger partial charge in [0.15, 0.2) is 0 Å². The fraction of sp³-hybridized carbons (Fsp3) is 0.450. The van der Waals surface area contributed by atoms with Crippen LogP contribution in [-0.2, 0) is 11.2 Å². The number of hydrogen-bond acceptors (Lipinski definition) is 11. The van der Waals surface area contributed by atoms with E-state index in [-0.39, 0.29) is 53.9 Å². The predicted octanol–water partition coefficient (Wildman–Crippen LogP) is 7.48. The zero-order chi connectivity index (χ0) is 42.4. The van der Waals surface area contributed by atoms with Crippen LogP contribution >= 0.6 is 23.2 Å². The van der Waals surface area contributed by atoms with Gasteiger partial charge in [0.2, 0.25) is 0 Å². The summed E-state index contributed by atoms with van der Waals surface area (Å²) in [7, 11) is 0. The number of aliphatic hydroxyl groups excluding tert-OH is 1. The molecule has 0 bridgehead atoms. The van der Waals surface area contributed by atoms with Gasteiger partial charge in [-0.15, -0.1) is 28.1 Å². The molecule has 0 heterocycles. The molecule has 3 aromatic carbocycles. The van der Waals surface area contributed by atoms with Crippen LogP contribution in [-0.4, -0.2) is 91.9 Å². The number of fused-ring (bicyclic) bond motifs is 5. The Morgan fingerprint density at radius 3 is 2.22 bits per heavy atom. The minimum Gasteiger partial charge on any atom is -0.508 e. The molecule has 312 valence electrons. The van der Waals surface area contributed by atoms with E-state index >= 15 is 0 Å². The first-order valence-corrected chi connectivity index (χ1v) is 19.9. The van der Waals surface area contributed by atoms with Crippen LogP contribution in [0.4, 0.5) is 16.2 Å². The number of alkyl halides is 2. The summed E-state index contributed by atoms with van der Waals surface area (Å²) in [6, 6.07) is 15.3. The first-order valence-electron chi connectivity index (χ1n) is 18.8. The third-order valence-corrected chi connectivity index (χ3v) is 11.3. The van der Waals surface area contributed by atoms with Crippen LogP contribution in [0.3, 0.4) is 0 Å². The molecule has 58 heavy (non-hydrogen) atoms. The van der Waals surface area contributed by atoms with Crippen LogP contribution in [0.1, 0.15) is 83.2 Å². The molecule has 0 saturated heterocycles. The van der Waals surface area contributed by atoms with E-state index in [9.17, 15) is 39.4 Å². The number of urea groups is 1. The Hall–Kier alpha value is -5.32. The van der Waals surface area contributed by atoms with Crippen molar-refractivity contribution in [2.24, 2.45) is 32.8 Å². The van der Waals surface area contributed by atoms with E-state index in [0.29, 0.717) is 46.3 Å². The van der Waals surface area contributed by atoms with Crippen molar-refractivity contribution >= 4 is 58.5 Å². The summed E-state index contributed by atoms with van der Waals surface area (Å²) < 4.78 is 0. The lowest BCUT2D eigenvalue weighted by atomic mass is 9.55. The smallest absolute Gasteiger partial charge is 0.340 e. The summed E-state index contributed by atoms with van der Waals surface area (Å²) in [6.45, 7) is 2.74. The third kappa shape index (κ3) is 11.9. The summed E-state index contributed by atoms with van der Waals surface area (Å²) in [5.74, 6) is -0.101. The summed E-state index contributed by atoms with van der Waals surface area (Å²) in [5, 5.41) is 62.8. The minimum absolute atomic E-state index is 0.0301. The number of amides is 3. The van der Waals surface area contributed by atoms with Crippen LogP contribution in [0.25, 0.3) is 0 Å². The molecule has 2 fully saturated rings. The molecular weight excluding hydrogens is 795 g/mol. The van der Waals surface area contributed by atoms with Gasteiger partial charge in [0, 0.05) is 30.4 Å². The van der Waals surface area contributed by atoms with Gasteiger partial charge in [-0.3, -0.25) is 9.59 Å². The second-order valence-corrected chi connectivity index (χ2v) is 15.2. The van der Waals surface area contributed by atoms with Gasteiger partial charge in [0.1, 0.15) is 17.1 Å². The number of aromatic carboxylic acids is 1. The summed E-state index contributed by atoms with van der Waals surface area (Å²) >= 11 is 10.6. The molecule has 0 radical (unpaired) electrons. The second-order valence-electron chi connectivity index (χ2n) is 14.4. The number of nitrogens with zero attached hydrogens (tertiary/aromatic N) is 4. The molecule has 0 aliphatic heterocycles. The Balaban J connectivity index is 0.000000206. The number of aromatic hydroxyl groups is 2. The van der Waals surface area contributed by atoms with Crippen molar-refractivity contribution in [2.45, 2.75) is 63.9 Å². The van der Waals surface area contributed by atoms with Crippen molar-refractivity contribution in [2.75, 3.05) is 31.4 Å². The third-order valence-electron chi connectivity index (χ3n) is 10.9. The van der Waals surface area contributed by atoms with E-state index in [1.54, 1.807) is 0 Å². The molecule has 0 unspecified atom stereocenters. The fourth-order valence-electron chi connectivity index (χ4n) is 7.98. The summed E-state index contributed by atoms with van der Waals surface area (Å²) in [4.78, 5) is 54.1. The number of hydrogen-bond donors (Lipinski definition) is 7. The van der Waals surface area contributed by atoms with Gasteiger partial charge in [-0.1, -0.05) is 13.0 Å². The van der Waals surface area contributed by atoms with Crippen molar-refractivity contribution in [1.82, 2.24) is 15.6 Å². The molecule has 0 spiro atoms. The van der Waals surface area contributed by atoms with Crippen molar-refractivity contribution in [1.29, 1.82) is 0 Å². The topological polar surface area (TPSA) is 251 Å². The first-order chi connectivity index (χ1) is 27.7. The number of carbonyl (C=O) groups excluding carboxylic acids is 2. The molecule has 5 atom stereocenters. The monoisotopic (exact) mass is 842 g/mol. The highest BCUT2D eigenvalue weighted by Gasteiger charge is 2.54. The van der Waals surface area contributed by atoms with Gasteiger partial charge < -0.3 is 36.2 Å². The average Bonchev–Trinajstić information content (AvgIpc) is 3.52. The number of carboxylic acids is 2. The molecule has 3 aromatic rings. The number of benzene rings is 3. The van der Waals surface area contributed by atoms with Crippen LogP contribution in [0.15, 0.2) is 76.2 Å². The fourth-order valence-corrected chi connectivity index (χ4v) is 8.24. The zero-order valence-electron chi connectivity index (χ0n) is 31.9. The number of phenolic OH excluding ortho intramolecular Hbond substituents is 1. The number of nitroso groups, excluding NO2 is 1. The standard InChI is InChI=1S/C18H24O2.C17H15N3O6.C5H9Cl2N3O2/c1-18-9-8-14-13-5-3-12(19)10-11(13)2-4-15(14)16(18)6-7-17(18)20;21-14-6-5-12(9-13(14)17(25)26)20-19-11-3-1-10(2-4-11)16(24)18-8-7-15(22)23;6-1-3-8-5(11)10(9-12)4-2-7/h3,5,10,14-17,19-20H,2,4,6-9H2,1H3;1-6,9,21H,7-8H2,(H,18,24)(H,22,23)(H,25,26);1-4H2,(H,8,11)/b;20-19+;/t14-,15-,16+,17+,18+;;/m1../s1. The van der Waals surface area contributed by atoms with E-state index in [0.717, 1.165) is 25.2 Å². The second kappa shape index (κ2) is 21.4. The molecular formula is C40H48Cl2N6O10. The highest BCUT2D eigenvalue weighted by atomic mass is 35.5. The maximum Gasteiger partial charge on any atom is 0.340 e. The average molecular weight is 844 g/mol. The minimum atomic E-state index is -1.28. The SMILES string of the molecule is C[C@]12CC[C@@H]3c4ccc(O)cc4CC[C@H]3[C@@H]1CC[C@@H]2O.O=C(O)CCNC(=O)c1ccc(/N=N/c2ccc(O)c(C(=O)O)c2)cc1.O=NN(CCCl)C(=O)NCCCl. The lowest BCUT2D eigenvalue weighted by Crippen LogP contribution is -2.43. The highest BCUT2D eigenvalue weighted by molar-refractivity contribution is 6.18. The van der Waals surface area contributed by atoms with Gasteiger partial charge in [0.05, 0.1) is 35.7 Å². The maximum absolute atomic E-state index is 11.8. The number of rotatable bonds is 12. The lowest BCUT2D eigenvalue weighted by molar-refractivity contribution is -0.136. The molecule has 3 aliphatic rings. The molecule has 2 saturated carbocycles. The number of azo groups is 1. The van der Waals surface area contributed by atoms with Crippen molar-refractivity contribution in [3.8, 4) is 11.5 Å². The molecule has 0 aromatic heterocycles. The van der Waals surface area contributed by atoms with Crippen LogP contribution < -0.4 is 10.6 Å². The Morgan fingerprint density at radius 2 is 1.57 bits per heavy atom. The number of carbonyl (C=O) groups is 4.